The summed E-state index contributed by atoms with van der Waals surface area (Å²) in [5, 5.41) is 3.80. The Hall–Kier alpha value is -0.780. The van der Waals surface area contributed by atoms with Gasteiger partial charge in [-0.2, -0.15) is 0 Å². The number of hydrogen-bond acceptors (Lipinski definition) is 4. The van der Waals surface area contributed by atoms with Gasteiger partial charge < -0.3 is 14.8 Å². The maximum atomic E-state index is 11.0. The summed E-state index contributed by atoms with van der Waals surface area (Å²) in [7, 11) is 0. The highest BCUT2D eigenvalue weighted by atomic mass is 79.9. The van der Waals surface area contributed by atoms with Crippen LogP contribution < -0.4 is 5.32 Å². The minimum atomic E-state index is -0.346. The molecule has 4 nitrogen and oxygen atoms in total. The van der Waals surface area contributed by atoms with E-state index in [4.69, 9.17) is 21.1 Å². The zero-order chi connectivity index (χ0) is 13.4. The maximum Gasteiger partial charge on any atom is 0.332 e. The molecule has 0 saturated heterocycles. The van der Waals surface area contributed by atoms with Crippen molar-refractivity contribution in [1.82, 2.24) is 0 Å². The fourth-order valence-electron chi connectivity index (χ4n) is 1.26. The predicted octanol–water partition coefficient (Wildman–Crippen LogP) is 3.09. The number of carbonyl (C=O) groups excluding carboxylic acids is 1. The van der Waals surface area contributed by atoms with Gasteiger partial charge in [0.1, 0.15) is 6.61 Å². The zero-order valence-corrected chi connectivity index (χ0v) is 12.4. The summed E-state index contributed by atoms with van der Waals surface area (Å²) in [6.45, 7) is 3.11. The third-order valence-electron chi connectivity index (χ3n) is 2.04. The van der Waals surface area contributed by atoms with E-state index in [1.54, 1.807) is 13.0 Å². The van der Waals surface area contributed by atoms with E-state index in [1.807, 2.05) is 12.1 Å². The molecule has 1 N–H and O–H groups in total. The van der Waals surface area contributed by atoms with E-state index in [2.05, 4.69) is 21.2 Å². The standard InChI is InChI=1S/C12H15BrClNO3/c1-2-18-11(16)8-17-7-6-15-10-5-3-4-9(14)12(10)13/h3-5,15H,2,6-8H2,1H3. The summed E-state index contributed by atoms with van der Waals surface area (Å²) in [6.07, 6.45) is 0. The molecule has 0 heterocycles. The van der Waals surface area contributed by atoms with Crippen molar-refractivity contribution >= 4 is 39.2 Å². The molecular formula is C12H15BrClNO3. The van der Waals surface area contributed by atoms with Crippen molar-refractivity contribution in [1.29, 1.82) is 0 Å². The lowest BCUT2D eigenvalue weighted by molar-refractivity contribution is -0.148. The quantitative estimate of drug-likeness (QED) is 0.614. The normalized spacial score (nSPS) is 10.2. The molecule has 100 valence electrons. The van der Waals surface area contributed by atoms with Gasteiger partial charge in [0.2, 0.25) is 0 Å². The van der Waals surface area contributed by atoms with Gasteiger partial charge in [-0.25, -0.2) is 4.79 Å². The number of nitrogens with one attached hydrogen (secondary N) is 1. The average molecular weight is 337 g/mol. The van der Waals surface area contributed by atoms with Crippen LogP contribution in [0, 0.1) is 0 Å². The van der Waals surface area contributed by atoms with Crippen LogP contribution in [-0.4, -0.2) is 32.3 Å². The van der Waals surface area contributed by atoms with Crippen LogP contribution in [0.5, 0.6) is 0 Å². The van der Waals surface area contributed by atoms with E-state index in [0.717, 1.165) is 10.2 Å². The van der Waals surface area contributed by atoms with Crippen LogP contribution in [0.3, 0.4) is 0 Å². The average Bonchev–Trinajstić information content (AvgIpc) is 2.34. The molecule has 0 aliphatic heterocycles. The minimum absolute atomic E-state index is 0.0216. The van der Waals surface area contributed by atoms with Gasteiger partial charge in [0, 0.05) is 6.54 Å². The highest BCUT2D eigenvalue weighted by molar-refractivity contribution is 9.10. The lowest BCUT2D eigenvalue weighted by Gasteiger charge is -2.09. The number of halogens is 2. The molecule has 0 radical (unpaired) electrons. The van der Waals surface area contributed by atoms with Gasteiger partial charge >= 0.3 is 5.97 Å². The van der Waals surface area contributed by atoms with Crippen LogP contribution in [0.25, 0.3) is 0 Å². The molecule has 0 atom stereocenters. The van der Waals surface area contributed by atoms with Gasteiger partial charge in [-0.15, -0.1) is 0 Å². The Morgan fingerprint density at radius 2 is 2.28 bits per heavy atom. The van der Waals surface area contributed by atoms with E-state index >= 15 is 0 Å². The second kappa shape index (κ2) is 8.34. The number of ether oxygens (including phenoxy) is 2. The first kappa shape index (κ1) is 15.3. The smallest absolute Gasteiger partial charge is 0.332 e. The zero-order valence-electron chi connectivity index (χ0n) is 10.0. The Balaban J connectivity index is 2.22. The molecular weight excluding hydrogens is 321 g/mol. The Kier molecular flexibility index (Phi) is 7.08. The number of hydrogen-bond donors (Lipinski definition) is 1. The van der Waals surface area contributed by atoms with Crippen molar-refractivity contribution in [2.75, 3.05) is 31.7 Å². The summed E-state index contributed by atoms with van der Waals surface area (Å²) in [5.74, 6) is -0.346. The number of anilines is 1. The Labute approximate surface area is 120 Å². The SMILES string of the molecule is CCOC(=O)COCCNc1cccc(Cl)c1Br. The molecule has 1 rings (SSSR count). The summed E-state index contributed by atoms with van der Waals surface area (Å²) < 4.78 is 10.7. The van der Waals surface area contributed by atoms with Crippen molar-refractivity contribution < 1.29 is 14.3 Å². The van der Waals surface area contributed by atoms with Crippen LogP contribution in [-0.2, 0) is 14.3 Å². The van der Waals surface area contributed by atoms with Crippen LogP contribution in [0.2, 0.25) is 5.02 Å². The van der Waals surface area contributed by atoms with Crippen molar-refractivity contribution in [3.05, 3.63) is 27.7 Å². The fourth-order valence-corrected chi connectivity index (χ4v) is 1.84. The summed E-state index contributed by atoms with van der Waals surface area (Å²) in [5.41, 5.74) is 0.891. The maximum absolute atomic E-state index is 11.0. The van der Waals surface area contributed by atoms with Gasteiger partial charge in [-0.1, -0.05) is 17.7 Å². The molecule has 18 heavy (non-hydrogen) atoms. The number of esters is 1. The molecule has 0 aromatic heterocycles. The molecule has 0 unspecified atom stereocenters. The third-order valence-corrected chi connectivity index (χ3v) is 3.44. The molecule has 0 fully saturated rings. The Bertz CT molecular complexity index is 401. The highest BCUT2D eigenvalue weighted by Gasteiger charge is 2.03. The summed E-state index contributed by atoms with van der Waals surface area (Å²) in [4.78, 5) is 11.0. The number of rotatable bonds is 7. The molecule has 6 heteroatoms. The van der Waals surface area contributed by atoms with Crippen LogP contribution in [0.4, 0.5) is 5.69 Å². The molecule has 0 spiro atoms. The van der Waals surface area contributed by atoms with Gasteiger partial charge in [0.15, 0.2) is 0 Å². The van der Waals surface area contributed by atoms with Gasteiger partial charge in [-0.05, 0) is 35.0 Å². The monoisotopic (exact) mass is 335 g/mol. The van der Waals surface area contributed by atoms with E-state index in [-0.39, 0.29) is 12.6 Å². The summed E-state index contributed by atoms with van der Waals surface area (Å²) in [6, 6.07) is 5.56. The van der Waals surface area contributed by atoms with E-state index < -0.39 is 0 Å². The van der Waals surface area contributed by atoms with E-state index in [9.17, 15) is 4.79 Å². The molecule has 1 aromatic rings. The van der Waals surface area contributed by atoms with Crippen LogP contribution in [0.1, 0.15) is 6.92 Å². The second-order valence-electron chi connectivity index (χ2n) is 3.39. The Morgan fingerprint density at radius 1 is 1.50 bits per heavy atom. The van der Waals surface area contributed by atoms with Gasteiger partial charge in [0.05, 0.1) is 28.4 Å². The molecule has 0 aliphatic rings. The molecule has 0 aliphatic carbocycles. The second-order valence-corrected chi connectivity index (χ2v) is 4.59. The highest BCUT2D eigenvalue weighted by Crippen LogP contribution is 2.29. The van der Waals surface area contributed by atoms with Gasteiger partial charge in [-0.3, -0.25) is 0 Å². The molecule has 0 amide bonds. The third kappa shape index (κ3) is 5.25. The van der Waals surface area contributed by atoms with E-state index in [1.165, 1.54) is 0 Å². The number of benzene rings is 1. The van der Waals surface area contributed by atoms with E-state index in [0.29, 0.717) is 24.8 Å². The van der Waals surface area contributed by atoms with Crippen molar-refractivity contribution in [2.24, 2.45) is 0 Å². The lowest BCUT2D eigenvalue weighted by atomic mass is 10.3. The van der Waals surface area contributed by atoms with Gasteiger partial charge in [0.25, 0.3) is 0 Å². The van der Waals surface area contributed by atoms with Crippen molar-refractivity contribution in [3.63, 3.8) is 0 Å². The fraction of sp³-hybridized carbons (Fsp3) is 0.417. The van der Waals surface area contributed by atoms with Crippen LogP contribution >= 0.6 is 27.5 Å². The predicted molar refractivity (Wildman–Crippen MR) is 75.1 cm³/mol. The number of carbonyl (C=O) groups is 1. The Morgan fingerprint density at radius 3 is 3.00 bits per heavy atom. The minimum Gasteiger partial charge on any atom is -0.464 e. The van der Waals surface area contributed by atoms with Crippen LogP contribution in [0.15, 0.2) is 22.7 Å². The first-order chi connectivity index (χ1) is 8.65. The lowest BCUT2D eigenvalue weighted by Crippen LogP contribution is -2.16. The molecule has 0 saturated carbocycles. The first-order valence-electron chi connectivity index (χ1n) is 5.56. The first-order valence-corrected chi connectivity index (χ1v) is 6.73. The molecule has 0 bridgehead atoms. The summed E-state index contributed by atoms with van der Waals surface area (Å²) >= 11 is 9.33. The van der Waals surface area contributed by atoms with Crippen molar-refractivity contribution in [2.45, 2.75) is 6.92 Å². The molecule has 1 aromatic carbocycles. The topological polar surface area (TPSA) is 47.6 Å². The van der Waals surface area contributed by atoms with Crippen molar-refractivity contribution in [3.8, 4) is 0 Å². The largest absolute Gasteiger partial charge is 0.464 e.